The van der Waals surface area contributed by atoms with Crippen LogP contribution in [0.1, 0.15) is 11.1 Å². The van der Waals surface area contributed by atoms with E-state index in [9.17, 15) is 0 Å². The minimum Gasteiger partial charge on any atom is -0.194 e. The zero-order valence-electron chi connectivity index (χ0n) is 18.8. The molecule has 6 aromatic rings. The molecule has 0 amide bonds. The first-order valence-corrected chi connectivity index (χ1v) is 12.5. The highest BCUT2D eigenvalue weighted by Crippen LogP contribution is 2.41. The normalized spacial score (nSPS) is 11.8. The zero-order valence-corrected chi connectivity index (χ0v) is 21.9. The highest BCUT2D eigenvalue weighted by atomic mass is 35.5. The van der Waals surface area contributed by atoms with Crippen LogP contribution in [0.25, 0.3) is 43.6 Å². The topological polar surface area (TPSA) is 7.76 Å². The van der Waals surface area contributed by atoms with Crippen molar-refractivity contribution in [3.05, 3.63) is 110 Å². The molecule has 0 aliphatic rings. The van der Waals surface area contributed by atoms with Crippen LogP contribution < -0.4 is 9.13 Å². The van der Waals surface area contributed by atoms with Crippen molar-refractivity contribution < 1.29 is 9.13 Å². The number of aryl methyl sites for hydroxylation is 2. The number of halogens is 4. The zero-order chi connectivity index (χ0) is 24.4. The van der Waals surface area contributed by atoms with Gasteiger partial charge in [0.05, 0.1) is 48.1 Å². The van der Waals surface area contributed by atoms with E-state index in [1.54, 1.807) is 0 Å². The molecule has 2 radical (unpaired) electrons. The summed E-state index contributed by atoms with van der Waals surface area (Å²) in [5, 5.41) is 5.95. The van der Waals surface area contributed by atoms with Gasteiger partial charge in [0.2, 0.25) is 22.1 Å². The second-order valence-corrected chi connectivity index (χ2v) is 10.2. The molecule has 2 aromatic heterocycles. The first kappa shape index (κ1) is 22.8. The maximum absolute atomic E-state index is 6.82. The molecule has 2 nitrogen and oxygen atoms in total. The van der Waals surface area contributed by atoms with Gasteiger partial charge < -0.3 is 0 Å². The summed E-state index contributed by atoms with van der Waals surface area (Å²) >= 11 is 27.3. The van der Waals surface area contributed by atoms with Crippen LogP contribution in [0, 0.1) is 6.42 Å². The van der Waals surface area contributed by atoms with Gasteiger partial charge in [-0.25, -0.2) is 0 Å². The fourth-order valence-electron chi connectivity index (χ4n) is 5.04. The van der Waals surface area contributed by atoms with Crippen molar-refractivity contribution in [1.82, 2.24) is 0 Å². The third-order valence-electron chi connectivity index (χ3n) is 6.66. The molecule has 0 aliphatic heterocycles. The lowest BCUT2D eigenvalue weighted by molar-refractivity contribution is -0.617. The molecule has 6 heteroatoms. The fraction of sp³-hybridized carbons (Fsp3) is 0.0690. The molecule has 0 saturated heterocycles. The molecule has 6 rings (SSSR count). The van der Waals surface area contributed by atoms with Gasteiger partial charge in [-0.2, -0.15) is 9.13 Å². The monoisotopic (exact) mass is 534 g/mol. The van der Waals surface area contributed by atoms with Crippen LogP contribution in [0.4, 0.5) is 0 Å². The van der Waals surface area contributed by atoms with Gasteiger partial charge in [-0.15, -0.1) is 0 Å². The number of hydrogen-bond donors (Lipinski definition) is 0. The Hall–Kier alpha value is -2.62. The summed E-state index contributed by atoms with van der Waals surface area (Å²) in [4.78, 5) is 0. The molecule has 0 aliphatic carbocycles. The summed E-state index contributed by atoms with van der Waals surface area (Å²) in [7, 11) is 4.03. The molecule has 0 saturated carbocycles. The number of fused-ring (bicyclic) bond motifs is 4. The van der Waals surface area contributed by atoms with E-state index in [4.69, 9.17) is 46.4 Å². The van der Waals surface area contributed by atoms with E-state index in [0.29, 0.717) is 20.1 Å². The number of hydrogen-bond acceptors (Lipinski definition) is 0. The van der Waals surface area contributed by atoms with Gasteiger partial charge in [0.25, 0.3) is 0 Å². The summed E-state index contributed by atoms with van der Waals surface area (Å²) in [6.45, 7) is 0. The predicted molar refractivity (Wildman–Crippen MR) is 147 cm³/mol. The summed E-state index contributed by atoms with van der Waals surface area (Å²) < 4.78 is 4.21. The predicted octanol–water partition coefficient (Wildman–Crippen LogP) is 8.04. The van der Waals surface area contributed by atoms with Gasteiger partial charge in [0.1, 0.15) is 14.1 Å². The molecule has 0 fully saturated rings. The Morgan fingerprint density at radius 3 is 0.971 bits per heavy atom. The first-order chi connectivity index (χ1) is 16.9. The van der Waals surface area contributed by atoms with E-state index >= 15 is 0 Å². The molecule has 2 heterocycles. The second kappa shape index (κ2) is 8.50. The minimum absolute atomic E-state index is 0.620. The van der Waals surface area contributed by atoms with E-state index in [1.165, 1.54) is 0 Å². The van der Waals surface area contributed by atoms with Crippen molar-refractivity contribution in [2.24, 2.45) is 14.1 Å². The average Bonchev–Trinajstić information content (AvgIpc) is 2.84. The second-order valence-electron chi connectivity index (χ2n) is 8.53. The van der Waals surface area contributed by atoms with Crippen LogP contribution in [-0.4, -0.2) is 0 Å². The van der Waals surface area contributed by atoms with Gasteiger partial charge in [-0.05, 0) is 35.4 Å². The van der Waals surface area contributed by atoms with Crippen LogP contribution >= 0.6 is 46.4 Å². The molecule has 0 bridgehead atoms. The molecule has 170 valence electrons. The van der Waals surface area contributed by atoms with Crippen LogP contribution in [-0.2, 0) is 14.1 Å². The largest absolute Gasteiger partial charge is 0.214 e. The van der Waals surface area contributed by atoms with E-state index in [-0.39, 0.29) is 0 Å². The SMILES string of the molecule is C[n+]1c2cccc(Cl)c2c([C]c2c3c(Cl)cccc3[n+](C)c3cccc(Cl)c23)c2c(Cl)cccc21. The molecule has 0 unspecified atom stereocenters. The Morgan fingerprint density at radius 2 is 0.714 bits per heavy atom. The third kappa shape index (κ3) is 3.39. The highest BCUT2D eigenvalue weighted by molar-refractivity contribution is 6.40. The van der Waals surface area contributed by atoms with Crippen molar-refractivity contribution in [2.75, 3.05) is 0 Å². The molecular weight excluding hydrogens is 518 g/mol. The van der Waals surface area contributed by atoms with Gasteiger partial charge in [0, 0.05) is 24.3 Å². The van der Waals surface area contributed by atoms with Crippen molar-refractivity contribution in [2.45, 2.75) is 0 Å². The van der Waals surface area contributed by atoms with Gasteiger partial charge in [-0.3, -0.25) is 0 Å². The number of rotatable bonds is 2. The van der Waals surface area contributed by atoms with E-state index < -0.39 is 0 Å². The number of nitrogens with zero attached hydrogens (tertiary/aromatic N) is 2. The Balaban J connectivity index is 1.84. The third-order valence-corrected chi connectivity index (χ3v) is 7.92. The van der Waals surface area contributed by atoms with Crippen LogP contribution in [0.2, 0.25) is 20.1 Å². The fourth-order valence-corrected chi connectivity index (χ4v) is 6.10. The lowest BCUT2D eigenvalue weighted by Gasteiger charge is -2.15. The summed E-state index contributed by atoms with van der Waals surface area (Å²) in [6.07, 6.45) is 3.73. The number of aromatic nitrogens is 2. The molecule has 35 heavy (non-hydrogen) atoms. The van der Waals surface area contributed by atoms with E-state index in [0.717, 1.165) is 54.7 Å². The Labute approximate surface area is 222 Å². The summed E-state index contributed by atoms with van der Waals surface area (Å²) in [6, 6.07) is 23.6. The maximum Gasteiger partial charge on any atom is 0.214 e. The Morgan fingerprint density at radius 1 is 0.457 bits per heavy atom. The van der Waals surface area contributed by atoms with Crippen molar-refractivity contribution >= 4 is 90.0 Å². The lowest BCUT2D eigenvalue weighted by atomic mass is 9.91. The minimum atomic E-state index is 0.620. The van der Waals surface area contributed by atoms with Crippen molar-refractivity contribution in [1.29, 1.82) is 0 Å². The van der Waals surface area contributed by atoms with E-state index in [2.05, 4.69) is 15.6 Å². The molecule has 4 aromatic carbocycles. The maximum atomic E-state index is 6.82. The average molecular weight is 536 g/mol. The summed E-state index contributed by atoms with van der Waals surface area (Å²) in [5.74, 6) is 0. The lowest BCUT2D eigenvalue weighted by Crippen LogP contribution is -2.31. The van der Waals surface area contributed by atoms with Gasteiger partial charge >= 0.3 is 0 Å². The molecular formula is C29H18Cl4N2+2. The van der Waals surface area contributed by atoms with Crippen LogP contribution in [0.3, 0.4) is 0 Å². The molecule has 0 atom stereocenters. The van der Waals surface area contributed by atoms with Crippen LogP contribution in [0.15, 0.2) is 72.8 Å². The van der Waals surface area contributed by atoms with Crippen molar-refractivity contribution in [3.8, 4) is 0 Å². The van der Waals surface area contributed by atoms with Gasteiger partial charge in [-0.1, -0.05) is 70.7 Å². The standard InChI is InChI=1S/C29H18Cl4N2/c1-34-22-11-3-7-18(30)26(22)16(27-19(31)8-4-12-23(27)34)15-17-28-20(32)9-5-13-24(28)35(2)25-14-6-10-21(33)29(17)25/h3-14H,1-2H3/q+2. The summed E-state index contributed by atoms with van der Waals surface area (Å²) in [5.41, 5.74) is 5.51. The quantitative estimate of drug-likeness (QED) is 0.156. The number of pyridine rings is 2. The first-order valence-electron chi connectivity index (χ1n) is 11.0. The molecule has 0 spiro atoms. The smallest absolute Gasteiger partial charge is 0.194 e. The van der Waals surface area contributed by atoms with Gasteiger partial charge in [0.15, 0.2) is 0 Å². The van der Waals surface area contributed by atoms with Crippen LogP contribution in [0.5, 0.6) is 0 Å². The van der Waals surface area contributed by atoms with E-state index in [1.807, 2.05) is 86.9 Å². The molecule has 0 N–H and O–H groups in total. The number of benzene rings is 4. The highest BCUT2D eigenvalue weighted by Gasteiger charge is 2.27. The van der Waals surface area contributed by atoms with Crippen molar-refractivity contribution in [3.63, 3.8) is 0 Å². The Bertz CT molecular complexity index is 1580. The Kier molecular flexibility index (Phi) is 5.54.